The first-order valence-electron chi connectivity index (χ1n) is 7.10. The Morgan fingerprint density at radius 2 is 1.68 bits per heavy atom. The SMILES string of the molecule is C=C(/C=C\c1ccccc1C)C1=C(S)c2ccccc2C1=O. The summed E-state index contributed by atoms with van der Waals surface area (Å²) in [7, 11) is 0. The molecule has 2 aromatic carbocycles. The molecular formula is C20H16OS. The molecule has 2 heteroatoms. The zero-order chi connectivity index (χ0) is 15.7. The van der Waals surface area contributed by atoms with Gasteiger partial charge >= 0.3 is 0 Å². The lowest BCUT2D eigenvalue weighted by Gasteiger charge is -2.03. The molecule has 0 heterocycles. The van der Waals surface area contributed by atoms with Crippen molar-refractivity contribution in [3.63, 3.8) is 0 Å². The Bertz CT molecular complexity index is 840. The number of hydrogen-bond acceptors (Lipinski definition) is 2. The number of aryl methyl sites for hydroxylation is 1. The van der Waals surface area contributed by atoms with E-state index in [1.165, 1.54) is 5.56 Å². The molecule has 0 fully saturated rings. The molecule has 0 aliphatic heterocycles. The van der Waals surface area contributed by atoms with Crippen molar-refractivity contribution in [2.75, 3.05) is 0 Å². The third-order valence-electron chi connectivity index (χ3n) is 3.86. The lowest BCUT2D eigenvalue weighted by molar-refractivity contribution is 0.104. The van der Waals surface area contributed by atoms with E-state index in [1.807, 2.05) is 54.6 Å². The van der Waals surface area contributed by atoms with E-state index in [-0.39, 0.29) is 5.78 Å². The Hall–Kier alpha value is -2.32. The van der Waals surface area contributed by atoms with Gasteiger partial charge in [0, 0.05) is 16.0 Å². The summed E-state index contributed by atoms with van der Waals surface area (Å²) < 4.78 is 0. The van der Waals surface area contributed by atoms with E-state index in [2.05, 4.69) is 32.2 Å². The summed E-state index contributed by atoms with van der Waals surface area (Å²) in [6, 6.07) is 15.6. The van der Waals surface area contributed by atoms with Gasteiger partial charge in [0.15, 0.2) is 5.78 Å². The average molecular weight is 304 g/mol. The van der Waals surface area contributed by atoms with E-state index < -0.39 is 0 Å². The van der Waals surface area contributed by atoms with E-state index >= 15 is 0 Å². The minimum absolute atomic E-state index is 0.0000311. The summed E-state index contributed by atoms with van der Waals surface area (Å²) in [6.45, 7) is 6.11. The van der Waals surface area contributed by atoms with Crippen LogP contribution >= 0.6 is 12.6 Å². The van der Waals surface area contributed by atoms with Crippen LogP contribution < -0.4 is 0 Å². The summed E-state index contributed by atoms with van der Waals surface area (Å²) in [5.41, 5.74) is 5.17. The fourth-order valence-electron chi connectivity index (χ4n) is 2.61. The summed E-state index contributed by atoms with van der Waals surface area (Å²) in [4.78, 5) is 13.2. The zero-order valence-electron chi connectivity index (χ0n) is 12.3. The standard InChI is InChI=1S/C20H16OS/c1-13-7-3-4-8-15(13)12-11-14(2)18-19(21)16-9-5-6-10-17(16)20(18)22/h3-12,22H,2H2,1H3/b12-11-. The number of carbonyl (C=O) groups excluding carboxylic acids is 1. The van der Waals surface area contributed by atoms with Crippen LogP contribution in [0.15, 0.2) is 72.3 Å². The number of benzene rings is 2. The highest BCUT2D eigenvalue weighted by molar-refractivity contribution is 7.90. The number of allylic oxidation sites excluding steroid dienone is 3. The van der Waals surface area contributed by atoms with Gasteiger partial charge in [-0.15, -0.1) is 12.6 Å². The molecule has 0 bridgehead atoms. The molecule has 0 radical (unpaired) electrons. The first-order valence-corrected chi connectivity index (χ1v) is 7.54. The molecule has 0 aromatic heterocycles. The van der Waals surface area contributed by atoms with Crippen molar-refractivity contribution in [2.24, 2.45) is 0 Å². The first kappa shape index (κ1) is 14.6. The normalized spacial score (nSPS) is 13.8. The Balaban J connectivity index is 1.93. The summed E-state index contributed by atoms with van der Waals surface area (Å²) >= 11 is 4.53. The van der Waals surface area contributed by atoms with Crippen molar-refractivity contribution in [3.05, 3.63) is 94.6 Å². The molecule has 22 heavy (non-hydrogen) atoms. The Labute approximate surface area is 136 Å². The van der Waals surface area contributed by atoms with Crippen molar-refractivity contribution >= 4 is 29.4 Å². The lowest BCUT2D eigenvalue weighted by atomic mass is 10.0. The Kier molecular flexibility index (Phi) is 3.86. The van der Waals surface area contributed by atoms with Gasteiger partial charge in [-0.1, -0.05) is 67.3 Å². The topological polar surface area (TPSA) is 17.1 Å². The van der Waals surface area contributed by atoms with Crippen LogP contribution in [0.5, 0.6) is 0 Å². The third kappa shape index (κ3) is 2.46. The Morgan fingerprint density at radius 3 is 2.36 bits per heavy atom. The van der Waals surface area contributed by atoms with E-state index in [4.69, 9.17) is 0 Å². The largest absolute Gasteiger partial charge is 0.289 e. The number of fused-ring (bicyclic) bond motifs is 1. The van der Waals surface area contributed by atoms with Crippen LogP contribution in [-0.2, 0) is 0 Å². The minimum Gasteiger partial charge on any atom is -0.289 e. The lowest BCUT2D eigenvalue weighted by Crippen LogP contribution is -1.99. The van der Waals surface area contributed by atoms with Gasteiger partial charge < -0.3 is 0 Å². The molecular weight excluding hydrogens is 288 g/mol. The molecule has 2 aromatic rings. The maximum Gasteiger partial charge on any atom is 0.195 e. The fourth-order valence-corrected chi connectivity index (χ4v) is 3.05. The van der Waals surface area contributed by atoms with E-state index in [0.717, 1.165) is 11.1 Å². The van der Waals surface area contributed by atoms with Gasteiger partial charge in [-0.25, -0.2) is 0 Å². The molecule has 1 aliphatic carbocycles. The van der Waals surface area contributed by atoms with E-state index in [0.29, 0.717) is 21.6 Å². The van der Waals surface area contributed by atoms with Gasteiger partial charge in [-0.3, -0.25) is 4.79 Å². The van der Waals surface area contributed by atoms with Crippen molar-refractivity contribution in [1.82, 2.24) is 0 Å². The number of Topliss-reactive ketones (excluding diaryl/α,β-unsaturated/α-hetero) is 1. The molecule has 108 valence electrons. The molecule has 0 N–H and O–H groups in total. The van der Waals surface area contributed by atoms with E-state index in [1.54, 1.807) is 0 Å². The number of ketones is 1. The van der Waals surface area contributed by atoms with Crippen LogP contribution in [0.3, 0.4) is 0 Å². The summed E-state index contributed by atoms with van der Waals surface area (Å²) in [5.74, 6) is 0.0000311. The molecule has 0 amide bonds. The highest BCUT2D eigenvalue weighted by Crippen LogP contribution is 2.38. The number of carbonyl (C=O) groups is 1. The summed E-state index contributed by atoms with van der Waals surface area (Å²) in [6.07, 6.45) is 3.87. The van der Waals surface area contributed by atoms with Gasteiger partial charge in [0.1, 0.15) is 0 Å². The van der Waals surface area contributed by atoms with Crippen molar-refractivity contribution in [3.8, 4) is 0 Å². The molecule has 0 saturated carbocycles. The van der Waals surface area contributed by atoms with Crippen molar-refractivity contribution in [1.29, 1.82) is 0 Å². The van der Waals surface area contributed by atoms with Gasteiger partial charge in [-0.05, 0) is 29.2 Å². The third-order valence-corrected chi connectivity index (χ3v) is 4.33. The van der Waals surface area contributed by atoms with Gasteiger partial charge in [-0.2, -0.15) is 0 Å². The maximum atomic E-state index is 12.5. The first-order chi connectivity index (χ1) is 10.6. The van der Waals surface area contributed by atoms with Crippen LogP contribution in [0.4, 0.5) is 0 Å². The van der Waals surface area contributed by atoms with Gasteiger partial charge in [0.2, 0.25) is 0 Å². The molecule has 0 spiro atoms. The van der Waals surface area contributed by atoms with E-state index in [9.17, 15) is 4.79 Å². The number of rotatable bonds is 3. The molecule has 1 nitrogen and oxygen atoms in total. The van der Waals surface area contributed by atoms with Crippen LogP contribution in [0.25, 0.3) is 11.0 Å². The molecule has 0 atom stereocenters. The number of hydrogen-bond donors (Lipinski definition) is 1. The molecule has 1 aliphatic rings. The Morgan fingerprint density at radius 1 is 1.05 bits per heavy atom. The van der Waals surface area contributed by atoms with Crippen molar-refractivity contribution < 1.29 is 4.79 Å². The highest BCUT2D eigenvalue weighted by Gasteiger charge is 2.28. The molecule has 0 saturated heterocycles. The second-order valence-corrected chi connectivity index (χ2v) is 5.76. The minimum atomic E-state index is 0.0000311. The predicted molar refractivity (Wildman–Crippen MR) is 96.0 cm³/mol. The maximum absolute atomic E-state index is 12.5. The van der Waals surface area contributed by atoms with Crippen LogP contribution in [0, 0.1) is 6.92 Å². The molecule has 3 rings (SSSR count). The van der Waals surface area contributed by atoms with Crippen molar-refractivity contribution in [2.45, 2.75) is 6.92 Å². The van der Waals surface area contributed by atoms with Crippen LogP contribution in [0.2, 0.25) is 0 Å². The second-order valence-electron chi connectivity index (χ2n) is 5.31. The number of thiol groups is 1. The van der Waals surface area contributed by atoms with Crippen LogP contribution in [0.1, 0.15) is 27.0 Å². The quantitative estimate of drug-likeness (QED) is 0.616. The van der Waals surface area contributed by atoms with Gasteiger partial charge in [0.05, 0.1) is 0 Å². The fraction of sp³-hybridized carbons (Fsp3) is 0.0500. The zero-order valence-corrected chi connectivity index (χ0v) is 13.2. The van der Waals surface area contributed by atoms with Crippen LogP contribution in [-0.4, -0.2) is 5.78 Å². The predicted octanol–water partition coefficient (Wildman–Crippen LogP) is 5.10. The highest BCUT2D eigenvalue weighted by atomic mass is 32.1. The van der Waals surface area contributed by atoms with Gasteiger partial charge in [0.25, 0.3) is 0 Å². The monoisotopic (exact) mass is 304 g/mol. The smallest absolute Gasteiger partial charge is 0.195 e. The summed E-state index contributed by atoms with van der Waals surface area (Å²) in [5, 5.41) is 0. The average Bonchev–Trinajstić information content (AvgIpc) is 2.78. The second kappa shape index (κ2) is 5.82. The molecule has 0 unspecified atom stereocenters.